The molecule has 5 rings (SSSR count). The molecular weight excluding hydrogens is 487 g/mol. The van der Waals surface area contributed by atoms with E-state index in [2.05, 4.69) is 22.0 Å². The lowest BCUT2D eigenvalue weighted by atomic mass is 9.96. The van der Waals surface area contributed by atoms with E-state index in [0.29, 0.717) is 10.0 Å². The average Bonchev–Trinajstić information content (AvgIpc) is 3.19. The van der Waals surface area contributed by atoms with Crippen LogP contribution in [0.3, 0.4) is 0 Å². The quantitative estimate of drug-likeness (QED) is 0.385. The molecule has 0 amide bonds. The Balaban J connectivity index is 1.59. The number of halogens is 3. The molecule has 3 aromatic rings. The molecule has 3 aromatic carbocycles. The van der Waals surface area contributed by atoms with Gasteiger partial charge in [0, 0.05) is 27.0 Å². The van der Waals surface area contributed by atoms with Crippen LogP contribution in [0.4, 0.5) is 0 Å². The lowest BCUT2D eigenvalue weighted by Crippen LogP contribution is -2.33. The highest BCUT2D eigenvalue weighted by atomic mass is 79.9. The second kappa shape index (κ2) is 7.80. The standard InChI is InChI=1S/C23H17BrCl2N2O2/c1-29-16-6-2-13(3-7-16)20-12-21-18-10-14(24)4-9-22(18)30-23(28(21)27-20)17-8-5-15(25)11-19(17)26/h2-11,21,23H,12H2,1H3/t21-,23+/m0/s1. The normalized spacial score (nSPS) is 19.6. The Bertz CT molecular complexity index is 1150. The SMILES string of the molecule is COc1ccc(C2=NN3[C@@H](c4ccc(Cl)cc4Cl)Oc4ccc(Br)cc4[C@@H]3C2)cc1. The third-order valence-electron chi connectivity index (χ3n) is 5.40. The van der Waals surface area contributed by atoms with Crippen molar-refractivity contribution in [3.8, 4) is 11.5 Å². The van der Waals surface area contributed by atoms with Crippen LogP contribution in [-0.2, 0) is 0 Å². The second-order valence-electron chi connectivity index (χ2n) is 7.19. The molecule has 7 heteroatoms. The van der Waals surface area contributed by atoms with Crippen molar-refractivity contribution in [2.24, 2.45) is 5.10 Å². The second-order valence-corrected chi connectivity index (χ2v) is 8.95. The molecule has 0 fully saturated rings. The Hall–Kier alpha value is -2.21. The van der Waals surface area contributed by atoms with Crippen molar-refractivity contribution in [1.29, 1.82) is 0 Å². The van der Waals surface area contributed by atoms with Gasteiger partial charge in [-0.25, -0.2) is 5.01 Å². The molecule has 0 radical (unpaired) electrons. The predicted octanol–water partition coefficient (Wildman–Crippen LogP) is 7.01. The highest BCUT2D eigenvalue weighted by molar-refractivity contribution is 9.10. The molecule has 152 valence electrons. The molecule has 2 atom stereocenters. The minimum atomic E-state index is -0.441. The van der Waals surface area contributed by atoms with Gasteiger partial charge in [-0.1, -0.05) is 45.2 Å². The monoisotopic (exact) mass is 502 g/mol. The van der Waals surface area contributed by atoms with E-state index in [4.69, 9.17) is 37.8 Å². The summed E-state index contributed by atoms with van der Waals surface area (Å²) in [5.41, 5.74) is 3.98. The number of benzene rings is 3. The number of ether oxygens (including phenoxy) is 2. The van der Waals surface area contributed by atoms with Crippen molar-refractivity contribution in [1.82, 2.24) is 5.01 Å². The van der Waals surface area contributed by atoms with Crippen molar-refractivity contribution in [2.75, 3.05) is 7.11 Å². The molecule has 0 saturated carbocycles. The molecule has 2 aliphatic heterocycles. The molecule has 0 saturated heterocycles. The molecule has 4 nitrogen and oxygen atoms in total. The van der Waals surface area contributed by atoms with Crippen molar-refractivity contribution in [2.45, 2.75) is 18.7 Å². The van der Waals surface area contributed by atoms with Crippen LogP contribution >= 0.6 is 39.1 Å². The van der Waals surface area contributed by atoms with E-state index in [0.717, 1.165) is 44.8 Å². The van der Waals surface area contributed by atoms with Gasteiger partial charge in [0.15, 0.2) is 0 Å². The van der Waals surface area contributed by atoms with E-state index in [1.54, 1.807) is 13.2 Å². The van der Waals surface area contributed by atoms with Crippen molar-refractivity contribution >= 4 is 44.8 Å². The minimum Gasteiger partial charge on any atom is -0.497 e. The highest BCUT2D eigenvalue weighted by Crippen LogP contribution is 2.49. The van der Waals surface area contributed by atoms with Gasteiger partial charge in [0.05, 0.1) is 23.9 Å². The van der Waals surface area contributed by atoms with E-state index in [-0.39, 0.29) is 6.04 Å². The first-order valence-electron chi connectivity index (χ1n) is 9.45. The minimum absolute atomic E-state index is 0.0418. The average molecular weight is 504 g/mol. The topological polar surface area (TPSA) is 34.1 Å². The van der Waals surface area contributed by atoms with E-state index < -0.39 is 6.23 Å². The first-order valence-corrected chi connectivity index (χ1v) is 11.0. The Morgan fingerprint density at radius 2 is 1.83 bits per heavy atom. The van der Waals surface area contributed by atoms with E-state index in [1.807, 2.05) is 53.5 Å². The van der Waals surface area contributed by atoms with Gasteiger partial charge in [-0.05, 0) is 60.2 Å². The zero-order chi connectivity index (χ0) is 20.8. The maximum absolute atomic E-state index is 6.53. The lowest BCUT2D eigenvalue weighted by Gasteiger charge is -2.38. The Labute approximate surface area is 193 Å². The molecule has 2 aliphatic rings. The summed E-state index contributed by atoms with van der Waals surface area (Å²) in [6, 6.07) is 19.5. The summed E-state index contributed by atoms with van der Waals surface area (Å²) in [5, 5.41) is 8.11. The van der Waals surface area contributed by atoms with Gasteiger partial charge in [-0.3, -0.25) is 0 Å². The zero-order valence-corrected chi connectivity index (χ0v) is 19.1. The van der Waals surface area contributed by atoms with Crippen LogP contribution in [0.2, 0.25) is 10.0 Å². The first kappa shape index (κ1) is 19.7. The molecule has 0 N–H and O–H groups in total. The molecule has 0 aliphatic carbocycles. The molecule has 0 unspecified atom stereocenters. The molecule has 0 aromatic heterocycles. The third-order valence-corrected chi connectivity index (χ3v) is 6.46. The fourth-order valence-corrected chi connectivity index (χ4v) is 4.80. The third kappa shape index (κ3) is 3.45. The van der Waals surface area contributed by atoms with Crippen molar-refractivity contribution in [3.05, 3.63) is 91.9 Å². The van der Waals surface area contributed by atoms with Crippen molar-refractivity contribution < 1.29 is 9.47 Å². The number of rotatable bonds is 3. The molecular formula is C23H17BrCl2N2O2. The van der Waals surface area contributed by atoms with E-state index in [1.165, 1.54) is 0 Å². The maximum atomic E-state index is 6.53. The van der Waals surface area contributed by atoms with Crippen molar-refractivity contribution in [3.63, 3.8) is 0 Å². The summed E-state index contributed by atoms with van der Waals surface area (Å²) in [5.74, 6) is 1.65. The number of hydrogen-bond donors (Lipinski definition) is 0. The van der Waals surface area contributed by atoms with Gasteiger partial charge in [0.25, 0.3) is 0 Å². The smallest absolute Gasteiger partial charge is 0.215 e. The Kier molecular flexibility index (Phi) is 5.13. The molecule has 0 spiro atoms. The summed E-state index contributed by atoms with van der Waals surface area (Å²) in [7, 11) is 1.66. The largest absolute Gasteiger partial charge is 0.497 e. The fourth-order valence-electron chi connectivity index (χ4n) is 3.92. The molecule has 30 heavy (non-hydrogen) atoms. The van der Waals surface area contributed by atoms with E-state index >= 15 is 0 Å². The number of nitrogens with zero attached hydrogens (tertiary/aromatic N) is 2. The summed E-state index contributed by atoms with van der Waals surface area (Å²) in [4.78, 5) is 0. The lowest BCUT2D eigenvalue weighted by molar-refractivity contribution is -0.0190. The zero-order valence-electron chi connectivity index (χ0n) is 16.0. The number of hydrogen-bond acceptors (Lipinski definition) is 4. The maximum Gasteiger partial charge on any atom is 0.215 e. The summed E-state index contributed by atoms with van der Waals surface area (Å²) in [6.45, 7) is 0. The number of fused-ring (bicyclic) bond motifs is 3. The van der Waals surface area contributed by atoms with Crippen LogP contribution in [0, 0.1) is 0 Å². The number of hydrazone groups is 1. The summed E-state index contributed by atoms with van der Waals surface area (Å²) in [6.07, 6.45) is 0.324. The van der Waals surface area contributed by atoms with E-state index in [9.17, 15) is 0 Å². The van der Waals surface area contributed by atoms with Gasteiger partial charge >= 0.3 is 0 Å². The Morgan fingerprint density at radius 3 is 2.57 bits per heavy atom. The molecule has 2 heterocycles. The fraction of sp³-hybridized carbons (Fsp3) is 0.174. The predicted molar refractivity (Wildman–Crippen MR) is 123 cm³/mol. The summed E-state index contributed by atoms with van der Waals surface area (Å²) >= 11 is 16.2. The highest BCUT2D eigenvalue weighted by Gasteiger charge is 2.41. The van der Waals surface area contributed by atoms with Crippen LogP contribution in [0.5, 0.6) is 11.5 Å². The van der Waals surface area contributed by atoms with Gasteiger partial charge in [0.1, 0.15) is 11.5 Å². The van der Waals surface area contributed by atoms with Crippen LogP contribution in [0.15, 0.2) is 70.2 Å². The van der Waals surface area contributed by atoms with Gasteiger partial charge in [-0.2, -0.15) is 5.10 Å². The Morgan fingerprint density at radius 1 is 1.03 bits per heavy atom. The van der Waals surface area contributed by atoms with Gasteiger partial charge < -0.3 is 9.47 Å². The van der Waals surface area contributed by atoms with Gasteiger partial charge in [-0.15, -0.1) is 0 Å². The first-order chi connectivity index (χ1) is 14.5. The van der Waals surface area contributed by atoms with Crippen LogP contribution in [0.1, 0.15) is 35.4 Å². The van der Waals surface area contributed by atoms with Crippen LogP contribution < -0.4 is 9.47 Å². The van der Waals surface area contributed by atoms with Gasteiger partial charge in [0.2, 0.25) is 6.23 Å². The number of methoxy groups -OCH3 is 1. The van der Waals surface area contributed by atoms with Crippen LogP contribution in [0.25, 0.3) is 0 Å². The molecule has 0 bridgehead atoms. The summed E-state index contributed by atoms with van der Waals surface area (Å²) < 4.78 is 12.7. The van der Waals surface area contributed by atoms with Crippen LogP contribution in [-0.4, -0.2) is 17.8 Å².